The van der Waals surface area contributed by atoms with Crippen LogP contribution in [-0.2, 0) is 65.4 Å². The van der Waals surface area contributed by atoms with Crippen LogP contribution in [0.2, 0.25) is 0 Å². The summed E-state index contributed by atoms with van der Waals surface area (Å²) < 4.78 is 68.5. The van der Waals surface area contributed by atoms with Gasteiger partial charge in [0.15, 0.2) is 12.2 Å². The second-order valence-electron chi connectivity index (χ2n) is 27.9. The normalized spacial score (nSPS) is 13.9. The van der Waals surface area contributed by atoms with Crippen LogP contribution in [0.3, 0.4) is 0 Å². The number of rotatable bonds is 76. The van der Waals surface area contributed by atoms with Gasteiger partial charge in [0.25, 0.3) is 0 Å². The highest BCUT2D eigenvalue weighted by Gasteiger charge is 2.30. The Bertz CT molecular complexity index is 1820. The molecule has 0 spiro atoms. The minimum Gasteiger partial charge on any atom is -0.462 e. The zero-order valence-corrected chi connectivity index (χ0v) is 63.6. The van der Waals surface area contributed by atoms with E-state index in [4.69, 9.17) is 37.0 Å². The number of aliphatic hydroxyl groups excluding tert-OH is 1. The van der Waals surface area contributed by atoms with E-state index in [2.05, 4.69) is 34.6 Å². The monoisotopic (exact) mass is 1400 g/mol. The maximum atomic E-state index is 13.1. The average Bonchev–Trinajstić information content (AvgIpc) is 1.83. The van der Waals surface area contributed by atoms with Crippen molar-refractivity contribution in [2.75, 3.05) is 39.6 Å². The van der Waals surface area contributed by atoms with Gasteiger partial charge in [-0.05, 0) is 31.6 Å². The summed E-state index contributed by atoms with van der Waals surface area (Å²) >= 11 is 0. The Kier molecular flexibility index (Phi) is 67.7. The number of esters is 4. The maximum absolute atomic E-state index is 13.1. The van der Waals surface area contributed by atoms with Crippen LogP contribution in [0.15, 0.2) is 0 Å². The molecule has 0 rings (SSSR count). The Balaban J connectivity index is 5.19. The number of carbonyl (C=O) groups excluding carboxylic acids is 4. The Morgan fingerprint density at radius 3 is 0.716 bits per heavy atom. The van der Waals surface area contributed by atoms with Gasteiger partial charge in [-0.2, -0.15) is 0 Å². The zero-order chi connectivity index (χ0) is 69.8. The van der Waals surface area contributed by atoms with Gasteiger partial charge in [0, 0.05) is 25.7 Å². The van der Waals surface area contributed by atoms with Crippen molar-refractivity contribution in [3.05, 3.63) is 0 Å². The van der Waals surface area contributed by atoms with E-state index in [1.807, 2.05) is 0 Å². The minimum absolute atomic E-state index is 0.108. The molecular formula is C76H148O17P2. The van der Waals surface area contributed by atoms with E-state index >= 15 is 0 Å². The van der Waals surface area contributed by atoms with Gasteiger partial charge in [0.2, 0.25) is 0 Å². The lowest BCUT2D eigenvalue weighted by Crippen LogP contribution is -2.30. The molecule has 0 amide bonds. The van der Waals surface area contributed by atoms with Crippen molar-refractivity contribution in [1.82, 2.24) is 0 Å². The van der Waals surface area contributed by atoms with E-state index in [0.717, 1.165) is 109 Å². The molecule has 19 heteroatoms. The molecule has 0 fully saturated rings. The lowest BCUT2D eigenvalue weighted by Gasteiger charge is -2.21. The molecule has 2 unspecified atom stereocenters. The first-order valence-electron chi connectivity index (χ1n) is 39.6. The van der Waals surface area contributed by atoms with Crippen LogP contribution >= 0.6 is 15.6 Å². The molecule has 95 heavy (non-hydrogen) atoms. The molecule has 0 aliphatic carbocycles. The van der Waals surface area contributed by atoms with Crippen molar-refractivity contribution in [3.8, 4) is 0 Å². The van der Waals surface area contributed by atoms with Crippen LogP contribution in [0.1, 0.15) is 401 Å². The number of phosphoric ester groups is 2. The van der Waals surface area contributed by atoms with Gasteiger partial charge in [0.1, 0.15) is 19.3 Å². The number of carbonyl (C=O) groups is 4. The second-order valence-corrected chi connectivity index (χ2v) is 30.8. The van der Waals surface area contributed by atoms with E-state index < -0.39 is 97.5 Å². The fourth-order valence-corrected chi connectivity index (χ4v) is 13.3. The van der Waals surface area contributed by atoms with Crippen molar-refractivity contribution in [1.29, 1.82) is 0 Å². The third-order valence-corrected chi connectivity index (χ3v) is 19.7. The molecular weight excluding hydrogens is 1250 g/mol. The molecule has 0 aromatic heterocycles. The highest BCUT2D eigenvalue weighted by molar-refractivity contribution is 7.47. The molecule has 564 valence electrons. The quantitative estimate of drug-likeness (QED) is 0.0222. The van der Waals surface area contributed by atoms with Crippen LogP contribution in [-0.4, -0.2) is 96.7 Å². The summed E-state index contributed by atoms with van der Waals surface area (Å²) in [6.45, 7) is 7.28. The summed E-state index contributed by atoms with van der Waals surface area (Å²) in [5.74, 6) is -1.33. The van der Waals surface area contributed by atoms with Crippen LogP contribution < -0.4 is 0 Å². The van der Waals surface area contributed by atoms with Crippen molar-refractivity contribution in [3.63, 3.8) is 0 Å². The summed E-state index contributed by atoms with van der Waals surface area (Å²) in [6.07, 6.45) is 58.3. The van der Waals surface area contributed by atoms with Gasteiger partial charge in [-0.3, -0.25) is 37.3 Å². The Morgan fingerprint density at radius 1 is 0.284 bits per heavy atom. The lowest BCUT2D eigenvalue weighted by atomic mass is 10.0. The smallest absolute Gasteiger partial charge is 0.462 e. The summed E-state index contributed by atoms with van der Waals surface area (Å²) in [5.41, 5.74) is 0. The van der Waals surface area contributed by atoms with Gasteiger partial charge in [-0.25, -0.2) is 9.13 Å². The van der Waals surface area contributed by atoms with Gasteiger partial charge in [0.05, 0.1) is 26.4 Å². The summed E-state index contributed by atoms with van der Waals surface area (Å²) in [7, 11) is -9.91. The lowest BCUT2D eigenvalue weighted by molar-refractivity contribution is -0.161. The summed E-state index contributed by atoms with van der Waals surface area (Å²) in [5, 5.41) is 10.6. The van der Waals surface area contributed by atoms with Crippen molar-refractivity contribution in [2.24, 2.45) is 5.92 Å². The topological polar surface area (TPSA) is 237 Å². The third kappa shape index (κ3) is 70.3. The molecule has 5 atom stereocenters. The van der Waals surface area contributed by atoms with Crippen LogP contribution in [0.5, 0.6) is 0 Å². The van der Waals surface area contributed by atoms with E-state index in [1.54, 1.807) is 0 Å². The first-order valence-corrected chi connectivity index (χ1v) is 42.6. The average molecular weight is 1400 g/mol. The predicted molar refractivity (Wildman–Crippen MR) is 386 cm³/mol. The van der Waals surface area contributed by atoms with Crippen LogP contribution in [0, 0.1) is 5.92 Å². The predicted octanol–water partition coefficient (Wildman–Crippen LogP) is 22.5. The molecule has 0 saturated carbocycles. The Labute approximate surface area is 581 Å². The molecule has 0 saturated heterocycles. The molecule has 0 aliphatic heterocycles. The molecule has 3 N–H and O–H groups in total. The second kappa shape index (κ2) is 69.2. The molecule has 0 radical (unpaired) electrons. The Hall–Kier alpha value is -1.94. The number of hydrogen-bond acceptors (Lipinski definition) is 15. The minimum atomic E-state index is -4.96. The summed E-state index contributed by atoms with van der Waals surface area (Å²) in [6, 6.07) is 0. The first kappa shape index (κ1) is 93.1. The van der Waals surface area contributed by atoms with Crippen molar-refractivity contribution >= 4 is 39.5 Å². The number of ether oxygens (including phenoxy) is 4. The fraction of sp³-hybridized carbons (Fsp3) is 0.947. The highest BCUT2D eigenvalue weighted by Crippen LogP contribution is 2.45. The van der Waals surface area contributed by atoms with Crippen molar-refractivity contribution < 1.29 is 80.2 Å². The number of phosphoric acid groups is 2. The van der Waals surface area contributed by atoms with E-state index in [0.29, 0.717) is 25.7 Å². The first-order chi connectivity index (χ1) is 46.0. The molecule has 0 aromatic carbocycles. The Morgan fingerprint density at radius 2 is 0.484 bits per heavy atom. The third-order valence-electron chi connectivity index (χ3n) is 17.8. The molecule has 17 nitrogen and oxygen atoms in total. The van der Waals surface area contributed by atoms with E-state index in [-0.39, 0.29) is 25.7 Å². The SMILES string of the molecule is CCCCCCCCCCCCCCCCCCC(=O)OC[C@H](COP(=O)(O)OC[C@@H](O)COP(=O)(O)OC[C@@H](COC(=O)CCCCCCCCC)OC(=O)CCCCCCCCCCCCCCCCCC)OC(=O)CCCCCCCCCCCCCCCC(C)C. The number of unbranched alkanes of at least 4 members (excludes halogenated alkanes) is 48. The van der Waals surface area contributed by atoms with Crippen LogP contribution in [0.25, 0.3) is 0 Å². The van der Waals surface area contributed by atoms with Gasteiger partial charge < -0.3 is 33.8 Å². The van der Waals surface area contributed by atoms with Crippen LogP contribution in [0.4, 0.5) is 0 Å². The molecule has 0 aromatic rings. The summed E-state index contributed by atoms with van der Waals surface area (Å²) in [4.78, 5) is 72.7. The van der Waals surface area contributed by atoms with Gasteiger partial charge in [-0.15, -0.1) is 0 Å². The fourth-order valence-electron chi connectivity index (χ4n) is 11.7. The highest BCUT2D eigenvalue weighted by atomic mass is 31.2. The van der Waals surface area contributed by atoms with Crippen molar-refractivity contribution in [2.45, 2.75) is 419 Å². The van der Waals surface area contributed by atoms with E-state index in [1.165, 1.54) is 212 Å². The molecule has 0 bridgehead atoms. The number of hydrogen-bond donors (Lipinski definition) is 3. The number of aliphatic hydroxyl groups is 1. The van der Waals surface area contributed by atoms with Gasteiger partial charge in [-0.1, -0.05) is 349 Å². The largest absolute Gasteiger partial charge is 0.472 e. The zero-order valence-electron chi connectivity index (χ0n) is 61.8. The maximum Gasteiger partial charge on any atom is 0.472 e. The van der Waals surface area contributed by atoms with Gasteiger partial charge >= 0.3 is 39.5 Å². The molecule has 0 aliphatic rings. The van der Waals surface area contributed by atoms with E-state index in [9.17, 15) is 43.2 Å². The standard InChI is InChI=1S/C76H148O17P2/c1-6-9-12-15-18-20-22-24-26-28-32-36-40-45-50-55-60-74(79)87-66-72(93-76(81)62-57-52-47-42-38-34-30-31-35-39-44-48-53-58-69(4)5)68-91-95(84,85)89-64-70(77)63-88-94(82,83)90-67-71(65-86-73(78)59-54-49-43-17-14-11-8-3)92-75(80)61-56-51-46-41-37-33-29-27-25-23-21-19-16-13-10-7-2/h69-72,77H,6-68H2,1-5H3,(H,82,83)(H,84,85)/t70-,71+,72+/m0/s1. The molecule has 0 heterocycles.